The van der Waals surface area contributed by atoms with Crippen molar-refractivity contribution in [1.29, 1.82) is 0 Å². The SMILES string of the molecule is CCCCCNC(=O)Cc1c(C)nc(SCc2cccc(OC)c2)[nH]c1=O. The van der Waals surface area contributed by atoms with Crippen molar-refractivity contribution in [3.8, 4) is 5.75 Å². The lowest BCUT2D eigenvalue weighted by molar-refractivity contribution is -0.120. The van der Waals surface area contributed by atoms with Crippen LogP contribution in [0.2, 0.25) is 0 Å². The molecule has 0 bridgehead atoms. The molecular formula is C20H27N3O3S. The molecule has 2 aromatic rings. The van der Waals surface area contributed by atoms with Crippen LogP contribution < -0.4 is 15.6 Å². The van der Waals surface area contributed by atoms with Gasteiger partial charge in [-0.2, -0.15) is 0 Å². The molecule has 0 aliphatic carbocycles. The second-order valence-electron chi connectivity index (χ2n) is 6.31. The van der Waals surface area contributed by atoms with Crippen molar-refractivity contribution in [2.45, 2.75) is 50.4 Å². The smallest absolute Gasteiger partial charge is 0.255 e. The molecule has 0 atom stereocenters. The lowest BCUT2D eigenvalue weighted by atomic mass is 10.1. The number of carbonyl (C=O) groups excluding carboxylic acids is 1. The van der Waals surface area contributed by atoms with Crippen LogP contribution in [0, 0.1) is 6.92 Å². The van der Waals surface area contributed by atoms with Crippen molar-refractivity contribution in [2.75, 3.05) is 13.7 Å². The normalized spacial score (nSPS) is 10.6. The number of H-pyrrole nitrogens is 1. The largest absolute Gasteiger partial charge is 0.497 e. The first-order chi connectivity index (χ1) is 13.0. The van der Waals surface area contributed by atoms with Crippen molar-refractivity contribution in [2.24, 2.45) is 0 Å². The molecular weight excluding hydrogens is 362 g/mol. The highest BCUT2D eigenvalue weighted by molar-refractivity contribution is 7.98. The zero-order valence-corrected chi connectivity index (χ0v) is 16.9. The van der Waals surface area contributed by atoms with Crippen LogP contribution in [0.3, 0.4) is 0 Å². The predicted octanol–water partition coefficient (Wildman–Crippen LogP) is 3.23. The number of thioether (sulfide) groups is 1. The van der Waals surface area contributed by atoms with Gasteiger partial charge in [0.15, 0.2) is 5.16 Å². The number of hydrogen-bond donors (Lipinski definition) is 2. The van der Waals surface area contributed by atoms with Gasteiger partial charge < -0.3 is 15.0 Å². The summed E-state index contributed by atoms with van der Waals surface area (Å²) in [6.45, 7) is 4.53. The summed E-state index contributed by atoms with van der Waals surface area (Å²) in [6, 6.07) is 7.77. The van der Waals surface area contributed by atoms with Crippen LogP contribution in [0.1, 0.15) is 43.0 Å². The standard InChI is InChI=1S/C20H27N3O3S/c1-4-5-6-10-21-18(24)12-17-14(2)22-20(23-19(17)25)27-13-15-8-7-9-16(11-15)26-3/h7-9,11H,4-6,10,12-13H2,1-3H3,(H,21,24)(H,22,23,25). The number of methoxy groups -OCH3 is 1. The molecule has 27 heavy (non-hydrogen) atoms. The van der Waals surface area contributed by atoms with Crippen molar-refractivity contribution >= 4 is 17.7 Å². The Morgan fingerprint density at radius 2 is 2.15 bits per heavy atom. The van der Waals surface area contributed by atoms with Crippen LogP contribution in [0.4, 0.5) is 0 Å². The van der Waals surface area contributed by atoms with E-state index in [2.05, 4.69) is 22.2 Å². The number of aryl methyl sites for hydroxylation is 1. The molecule has 0 unspecified atom stereocenters. The molecule has 1 aromatic heterocycles. The summed E-state index contributed by atoms with van der Waals surface area (Å²) in [5, 5.41) is 3.40. The summed E-state index contributed by atoms with van der Waals surface area (Å²) in [7, 11) is 1.63. The van der Waals surface area contributed by atoms with E-state index in [4.69, 9.17) is 4.74 Å². The van der Waals surface area contributed by atoms with E-state index >= 15 is 0 Å². The van der Waals surface area contributed by atoms with E-state index < -0.39 is 0 Å². The average Bonchev–Trinajstić information content (AvgIpc) is 2.66. The van der Waals surface area contributed by atoms with Crippen molar-refractivity contribution in [3.05, 3.63) is 51.4 Å². The molecule has 7 heteroatoms. The predicted molar refractivity (Wildman–Crippen MR) is 108 cm³/mol. The number of benzene rings is 1. The summed E-state index contributed by atoms with van der Waals surface area (Å²) in [4.78, 5) is 31.6. The highest BCUT2D eigenvalue weighted by Gasteiger charge is 2.13. The summed E-state index contributed by atoms with van der Waals surface area (Å²) in [5.74, 6) is 1.32. The number of nitrogens with zero attached hydrogens (tertiary/aromatic N) is 1. The fourth-order valence-electron chi connectivity index (χ4n) is 2.60. The quantitative estimate of drug-likeness (QED) is 0.370. The maximum absolute atomic E-state index is 12.4. The van der Waals surface area contributed by atoms with E-state index in [1.165, 1.54) is 11.8 Å². The lowest BCUT2D eigenvalue weighted by Crippen LogP contribution is -2.29. The van der Waals surface area contributed by atoms with Crippen molar-refractivity contribution in [1.82, 2.24) is 15.3 Å². The Morgan fingerprint density at radius 3 is 2.85 bits per heavy atom. The second kappa shape index (κ2) is 10.8. The number of unbranched alkanes of at least 4 members (excludes halogenated alkanes) is 2. The molecule has 0 fully saturated rings. The average molecular weight is 390 g/mol. The first kappa shape index (κ1) is 21.0. The molecule has 146 valence electrons. The molecule has 0 spiro atoms. The Labute approximate surface area is 164 Å². The van der Waals surface area contributed by atoms with E-state index in [-0.39, 0.29) is 17.9 Å². The van der Waals surface area contributed by atoms with Crippen LogP contribution in [0.25, 0.3) is 0 Å². The topological polar surface area (TPSA) is 84.1 Å². The minimum Gasteiger partial charge on any atom is -0.497 e. The maximum atomic E-state index is 12.4. The minimum atomic E-state index is -0.251. The van der Waals surface area contributed by atoms with E-state index in [0.717, 1.165) is 30.6 Å². The molecule has 2 rings (SSSR count). The second-order valence-corrected chi connectivity index (χ2v) is 7.27. The first-order valence-electron chi connectivity index (χ1n) is 9.15. The number of ether oxygens (including phenoxy) is 1. The molecule has 0 aliphatic heterocycles. The van der Waals surface area contributed by atoms with Gasteiger partial charge in [0.2, 0.25) is 5.91 Å². The molecule has 1 aromatic carbocycles. The van der Waals surface area contributed by atoms with Gasteiger partial charge in [0.05, 0.1) is 13.5 Å². The van der Waals surface area contributed by atoms with E-state index in [1.54, 1.807) is 14.0 Å². The lowest BCUT2D eigenvalue weighted by Gasteiger charge is -2.08. The van der Waals surface area contributed by atoms with Crippen molar-refractivity contribution in [3.63, 3.8) is 0 Å². The fourth-order valence-corrected chi connectivity index (χ4v) is 3.45. The van der Waals surface area contributed by atoms with Crippen molar-refractivity contribution < 1.29 is 9.53 Å². The fraction of sp³-hybridized carbons (Fsp3) is 0.450. The Balaban J connectivity index is 1.97. The van der Waals surface area contributed by atoms with Gasteiger partial charge in [-0.25, -0.2) is 4.98 Å². The molecule has 0 aliphatic rings. The zero-order valence-electron chi connectivity index (χ0n) is 16.1. The van der Waals surface area contributed by atoms with Crippen LogP contribution >= 0.6 is 11.8 Å². The van der Waals surface area contributed by atoms with Gasteiger partial charge in [-0.15, -0.1) is 0 Å². The van der Waals surface area contributed by atoms with Crippen LogP contribution in [-0.2, 0) is 17.0 Å². The van der Waals surface area contributed by atoms with Gasteiger partial charge in [0, 0.05) is 23.6 Å². The summed E-state index contributed by atoms with van der Waals surface area (Å²) >= 11 is 1.45. The minimum absolute atomic E-state index is 0.0567. The zero-order chi connectivity index (χ0) is 19.6. The molecule has 0 saturated heterocycles. The van der Waals surface area contributed by atoms with Gasteiger partial charge in [0.1, 0.15) is 5.75 Å². The Morgan fingerprint density at radius 1 is 1.33 bits per heavy atom. The Kier molecular flexibility index (Phi) is 8.39. The van der Waals surface area contributed by atoms with Gasteiger partial charge >= 0.3 is 0 Å². The third-order valence-electron chi connectivity index (χ3n) is 4.15. The van der Waals surface area contributed by atoms with Gasteiger partial charge in [-0.05, 0) is 31.0 Å². The van der Waals surface area contributed by atoms with Crippen LogP contribution in [-0.4, -0.2) is 29.5 Å². The van der Waals surface area contributed by atoms with Crippen LogP contribution in [0.15, 0.2) is 34.2 Å². The Bertz CT molecular complexity index is 820. The van der Waals surface area contributed by atoms with Gasteiger partial charge in [-0.1, -0.05) is 43.7 Å². The van der Waals surface area contributed by atoms with Gasteiger partial charge in [0.25, 0.3) is 5.56 Å². The van der Waals surface area contributed by atoms with Crippen LogP contribution in [0.5, 0.6) is 5.75 Å². The summed E-state index contributed by atoms with van der Waals surface area (Å²) < 4.78 is 5.22. The third kappa shape index (κ3) is 6.75. The number of rotatable bonds is 10. The molecule has 0 saturated carbocycles. The molecule has 6 nitrogen and oxygen atoms in total. The van der Waals surface area contributed by atoms with Gasteiger partial charge in [-0.3, -0.25) is 9.59 Å². The Hall–Kier alpha value is -2.28. The third-order valence-corrected chi connectivity index (χ3v) is 5.09. The number of amides is 1. The number of aromatic nitrogens is 2. The molecule has 2 N–H and O–H groups in total. The number of carbonyl (C=O) groups is 1. The monoisotopic (exact) mass is 389 g/mol. The highest BCUT2D eigenvalue weighted by Crippen LogP contribution is 2.21. The first-order valence-corrected chi connectivity index (χ1v) is 10.1. The van der Waals surface area contributed by atoms with E-state index in [1.807, 2.05) is 24.3 Å². The number of hydrogen-bond acceptors (Lipinski definition) is 5. The number of aromatic amines is 1. The maximum Gasteiger partial charge on any atom is 0.255 e. The summed E-state index contributed by atoms with van der Waals surface area (Å²) in [5.41, 5.74) is 1.85. The number of nitrogens with one attached hydrogen (secondary N) is 2. The molecule has 1 amide bonds. The van der Waals surface area contributed by atoms with E-state index in [0.29, 0.717) is 28.7 Å². The summed E-state index contributed by atoms with van der Waals surface area (Å²) in [6.07, 6.45) is 3.20. The van der Waals surface area contributed by atoms with E-state index in [9.17, 15) is 9.59 Å². The molecule has 0 radical (unpaired) electrons. The molecule has 1 heterocycles. The highest BCUT2D eigenvalue weighted by atomic mass is 32.2.